The van der Waals surface area contributed by atoms with Gasteiger partial charge in [-0.05, 0) is 49.5 Å². The van der Waals surface area contributed by atoms with Gasteiger partial charge in [0.2, 0.25) is 0 Å². The number of imidazole rings is 1. The van der Waals surface area contributed by atoms with Gasteiger partial charge in [0.15, 0.2) is 0 Å². The quantitative estimate of drug-likeness (QED) is 0.830. The van der Waals surface area contributed by atoms with Crippen LogP contribution in [0.25, 0.3) is 0 Å². The van der Waals surface area contributed by atoms with Crippen molar-refractivity contribution in [2.75, 3.05) is 13.1 Å². The predicted octanol–water partition coefficient (Wildman–Crippen LogP) is 4.01. The summed E-state index contributed by atoms with van der Waals surface area (Å²) in [6, 6.07) is 8.22. The number of hydrogen-bond acceptors (Lipinski definition) is 2. The van der Waals surface area contributed by atoms with Gasteiger partial charge in [-0.2, -0.15) is 0 Å². The number of benzene rings is 1. The summed E-state index contributed by atoms with van der Waals surface area (Å²) in [5.74, 6) is 1.98. The Bertz CT molecular complexity index is 600. The minimum atomic E-state index is 0.773. The zero-order chi connectivity index (χ0) is 15.4. The molecule has 4 heteroatoms. The lowest BCUT2D eigenvalue weighted by molar-refractivity contribution is 0.166. The third kappa shape index (κ3) is 3.90. The molecule has 1 aliphatic heterocycles. The second-order valence-corrected chi connectivity index (χ2v) is 6.64. The van der Waals surface area contributed by atoms with Crippen LogP contribution in [-0.2, 0) is 19.5 Å². The Morgan fingerprint density at radius 1 is 1.27 bits per heavy atom. The maximum Gasteiger partial charge on any atom is 0.108 e. The highest BCUT2D eigenvalue weighted by atomic mass is 35.5. The molecule has 0 atom stereocenters. The van der Waals surface area contributed by atoms with Crippen LogP contribution in [0.4, 0.5) is 0 Å². The molecule has 0 amide bonds. The molecule has 0 spiro atoms. The molecule has 22 heavy (non-hydrogen) atoms. The number of aryl methyl sites for hydroxylation is 1. The van der Waals surface area contributed by atoms with Crippen LogP contribution in [0.1, 0.15) is 31.2 Å². The molecule has 2 heterocycles. The summed E-state index contributed by atoms with van der Waals surface area (Å²) in [6.07, 6.45) is 7.59. The van der Waals surface area contributed by atoms with E-state index in [2.05, 4.69) is 39.7 Å². The van der Waals surface area contributed by atoms with Crippen molar-refractivity contribution in [3.8, 4) is 0 Å². The van der Waals surface area contributed by atoms with Gasteiger partial charge >= 0.3 is 0 Å². The average molecular weight is 318 g/mol. The summed E-state index contributed by atoms with van der Waals surface area (Å²) in [5, 5.41) is 0.833. The Kier molecular flexibility index (Phi) is 5.16. The molecule has 1 aromatic carbocycles. The predicted molar refractivity (Wildman–Crippen MR) is 91.1 cm³/mol. The third-order valence-corrected chi connectivity index (χ3v) is 4.81. The van der Waals surface area contributed by atoms with Gasteiger partial charge < -0.3 is 4.57 Å². The van der Waals surface area contributed by atoms with Crippen LogP contribution in [-0.4, -0.2) is 27.5 Å². The largest absolute Gasteiger partial charge is 0.335 e. The monoisotopic (exact) mass is 317 g/mol. The van der Waals surface area contributed by atoms with Gasteiger partial charge in [0.05, 0.1) is 0 Å². The van der Waals surface area contributed by atoms with Crippen LogP contribution in [0.5, 0.6) is 0 Å². The summed E-state index contributed by atoms with van der Waals surface area (Å²) >= 11 is 6.07. The zero-order valence-electron chi connectivity index (χ0n) is 13.2. The fourth-order valence-electron chi connectivity index (χ4n) is 3.32. The van der Waals surface area contributed by atoms with Crippen LogP contribution >= 0.6 is 11.6 Å². The van der Waals surface area contributed by atoms with Gasteiger partial charge in [-0.25, -0.2) is 4.98 Å². The van der Waals surface area contributed by atoms with Gasteiger partial charge in [0, 0.05) is 36.9 Å². The van der Waals surface area contributed by atoms with E-state index < -0.39 is 0 Å². The number of aromatic nitrogens is 2. The fraction of sp³-hybridized carbons (Fsp3) is 0.500. The summed E-state index contributed by atoms with van der Waals surface area (Å²) in [6.45, 7) is 6.65. The van der Waals surface area contributed by atoms with E-state index in [-0.39, 0.29) is 0 Å². The molecule has 0 radical (unpaired) electrons. The Balaban J connectivity index is 1.50. The van der Waals surface area contributed by atoms with Crippen molar-refractivity contribution in [2.45, 2.75) is 39.3 Å². The van der Waals surface area contributed by atoms with Gasteiger partial charge in [0.1, 0.15) is 5.82 Å². The van der Waals surface area contributed by atoms with Crippen molar-refractivity contribution in [2.24, 2.45) is 5.92 Å². The van der Waals surface area contributed by atoms with E-state index in [9.17, 15) is 0 Å². The molecule has 0 N–H and O–H groups in total. The van der Waals surface area contributed by atoms with Crippen LogP contribution in [0, 0.1) is 5.92 Å². The Morgan fingerprint density at radius 3 is 2.82 bits per heavy atom. The molecule has 0 unspecified atom stereocenters. The summed E-state index contributed by atoms with van der Waals surface area (Å²) in [4.78, 5) is 6.96. The summed E-state index contributed by atoms with van der Waals surface area (Å²) in [5.41, 5.74) is 1.31. The van der Waals surface area contributed by atoms with E-state index in [1.54, 1.807) is 0 Å². The van der Waals surface area contributed by atoms with Gasteiger partial charge in [0.25, 0.3) is 0 Å². The second-order valence-electron chi connectivity index (χ2n) is 6.20. The molecule has 1 saturated heterocycles. The molecule has 1 aromatic heterocycles. The standard InChI is InChI=1S/C18H24ClN3/c1-2-18-20-8-11-22(18)14-15-6-9-21(10-7-15)13-16-4-3-5-17(19)12-16/h3-5,8,11-12,15H,2,6-7,9-10,13-14H2,1H3. The van der Waals surface area contributed by atoms with Crippen LogP contribution in [0.15, 0.2) is 36.7 Å². The molecule has 2 aromatic rings. The first-order valence-electron chi connectivity index (χ1n) is 8.21. The SMILES string of the molecule is CCc1nccn1CC1CCN(Cc2cccc(Cl)c2)CC1. The lowest BCUT2D eigenvalue weighted by Crippen LogP contribution is -2.34. The summed E-state index contributed by atoms with van der Waals surface area (Å²) < 4.78 is 2.33. The van der Waals surface area contributed by atoms with E-state index in [4.69, 9.17) is 11.6 Å². The minimum absolute atomic E-state index is 0.773. The maximum atomic E-state index is 6.07. The number of piperidine rings is 1. The number of nitrogens with zero attached hydrogens (tertiary/aromatic N) is 3. The number of rotatable bonds is 5. The smallest absolute Gasteiger partial charge is 0.108 e. The van der Waals surface area contributed by atoms with E-state index in [1.165, 1.54) is 37.3 Å². The Morgan fingerprint density at radius 2 is 2.09 bits per heavy atom. The first-order chi connectivity index (χ1) is 10.7. The van der Waals surface area contributed by atoms with Gasteiger partial charge in [-0.1, -0.05) is 30.7 Å². The van der Waals surface area contributed by atoms with Crippen LogP contribution in [0.2, 0.25) is 5.02 Å². The lowest BCUT2D eigenvalue weighted by atomic mass is 9.96. The highest BCUT2D eigenvalue weighted by molar-refractivity contribution is 6.30. The average Bonchev–Trinajstić information content (AvgIpc) is 2.96. The Hall–Kier alpha value is -1.32. The van der Waals surface area contributed by atoms with E-state index >= 15 is 0 Å². The van der Waals surface area contributed by atoms with Crippen LogP contribution < -0.4 is 0 Å². The highest BCUT2D eigenvalue weighted by Gasteiger charge is 2.20. The zero-order valence-corrected chi connectivity index (χ0v) is 14.0. The molecular formula is C18H24ClN3. The van der Waals surface area contributed by atoms with Crippen LogP contribution in [0.3, 0.4) is 0 Å². The molecule has 0 aliphatic carbocycles. The second kappa shape index (κ2) is 7.30. The van der Waals surface area contributed by atoms with Crippen molar-refractivity contribution < 1.29 is 0 Å². The first kappa shape index (κ1) is 15.6. The van der Waals surface area contributed by atoms with Crippen molar-refractivity contribution >= 4 is 11.6 Å². The van der Waals surface area contributed by atoms with Gasteiger partial charge in [-0.3, -0.25) is 4.90 Å². The topological polar surface area (TPSA) is 21.1 Å². The number of halogens is 1. The molecular weight excluding hydrogens is 294 g/mol. The summed E-state index contributed by atoms with van der Waals surface area (Å²) in [7, 11) is 0. The number of likely N-dealkylation sites (tertiary alicyclic amines) is 1. The van der Waals surface area contributed by atoms with Crippen molar-refractivity contribution in [3.05, 3.63) is 53.1 Å². The molecule has 3 rings (SSSR count). The maximum absolute atomic E-state index is 6.07. The lowest BCUT2D eigenvalue weighted by Gasteiger charge is -2.32. The third-order valence-electron chi connectivity index (χ3n) is 4.58. The highest BCUT2D eigenvalue weighted by Crippen LogP contribution is 2.22. The molecule has 1 aliphatic rings. The fourth-order valence-corrected chi connectivity index (χ4v) is 3.53. The minimum Gasteiger partial charge on any atom is -0.335 e. The molecule has 1 fully saturated rings. The van der Waals surface area contributed by atoms with Crippen molar-refractivity contribution in [1.82, 2.24) is 14.5 Å². The van der Waals surface area contributed by atoms with E-state index in [0.717, 1.165) is 30.5 Å². The van der Waals surface area contributed by atoms with E-state index in [0.29, 0.717) is 0 Å². The molecule has 3 nitrogen and oxygen atoms in total. The first-order valence-corrected chi connectivity index (χ1v) is 8.59. The van der Waals surface area contributed by atoms with E-state index in [1.807, 2.05) is 18.3 Å². The van der Waals surface area contributed by atoms with Gasteiger partial charge in [-0.15, -0.1) is 0 Å². The number of hydrogen-bond donors (Lipinski definition) is 0. The molecule has 118 valence electrons. The molecule has 0 bridgehead atoms. The van der Waals surface area contributed by atoms with Crippen molar-refractivity contribution in [3.63, 3.8) is 0 Å². The molecule has 0 saturated carbocycles. The Labute approximate surface area is 137 Å². The van der Waals surface area contributed by atoms with Crippen molar-refractivity contribution in [1.29, 1.82) is 0 Å². The normalized spacial score (nSPS) is 17.0.